The smallest absolute Gasteiger partial charge is 0.251 e. The third kappa shape index (κ3) is 3.78. The van der Waals surface area contributed by atoms with Gasteiger partial charge in [-0.3, -0.25) is 4.79 Å². The molecule has 0 fully saturated rings. The van der Waals surface area contributed by atoms with Gasteiger partial charge in [-0.2, -0.15) is 0 Å². The first-order valence-corrected chi connectivity index (χ1v) is 6.94. The van der Waals surface area contributed by atoms with E-state index in [1.54, 1.807) is 6.07 Å². The van der Waals surface area contributed by atoms with Gasteiger partial charge in [-0.25, -0.2) is 4.98 Å². The molecule has 20 heavy (non-hydrogen) atoms. The third-order valence-electron chi connectivity index (χ3n) is 3.34. The van der Waals surface area contributed by atoms with Crippen LogP contribution in [0.15, 0.2) is 29.1 Å². The Morgan fingerprint density at radius 3 is 2.70 bits per heavy atom. The van der Waals surface area contributed by atoms with Crippen molar-refractivity contribution in [3.63, 3.8) is 0 Å². The summed E-state index contributed by atoms with van der Waals surface area (Å²) in [7, 11) is 0. The summed E-state index contributed by atoms with van der Waals surface area (Å²) in [6, 6.07) is 7.88. The highest BCUT2D eigenvalue weighted by Crippen LogP contribution is 2.12. The van der Waals surface area contributed by atoms with Gasteiger partial charge in [0.05, 0.1) is 5.69 Å². The molecular weight excluding hydrogens is 250 g/mol. The van der Waals surface area contributed by atoms with E-state index in [1.165, 1.54) is 11.1 Å². The second-order valence-electron chi connectivity index (χ2n) is 5.06. The fourth-order valence-corrected chi connectivity index (χ4v) is 2.10. The predicted octanol–water partition coefficient (Wildman–Crippen LogP) is 2.09. The molecule has 2 N–H and O–H groups in total. The van der Waals surface area contributed by atoms with Crippen LogP contribution in [0.4, 0.5) is 0 Å². The lowest BCUT2D eigenvalue weighted by Crippen LogP contribution is -2.18. The van der Waals surface area contributed by atoms with Crippen LogP contribution in [0.25, 0.3) is 0 Å². The minimum atomic E-state index is -0.0910. The Morgan fingerprint density at radius 1 is 1.20 bits per heavy atom. The largest absolute Gasteiger partial charge is 0.311 e. The van der Waals surface area contributed by atoms with Crippen molar-refractivity contribution in [2.75, 3.05) is 6.54 Å². The van der Waals surface area contributed by atoms with E-state index in [0.29, 0.717) is 18.8 Å². The van der Waals surface area contributed by atoms with Crippen molar-refractivity contribution in [2.45, 2.75) is 33.7 Å². The van der Waals surface area contributed by atoms with E-state index in [4.69, 9.17) is 0 Å². The third-order valence-corrected chi connectivity index (χ3v) is 3.34. The van der Waals surface area contributed by atoms with Crippen molar-refractivity contribution in [3.8, 4) is 0 Å². The first-order chi connectivity index (χ1) is 9.58. The Hall–Kier alpha value is -1.94. The molecular formula is C16H21N3O. The number of rotatable bonds is 5. The van der Waals surface area contributed by atoms with Gasteiger partial charge in [0.2, 0.25) is 0 Å². The van der Waals surface area contributed by atoms with Crippen LogP contribution in [0.2, 0.25) is 0 Å². The number of hydrogen-bond donors (Lipinski definition) is 2. The zero-order valence-electron chi connectivity index (χ0n) is 12.3. The van der Waals surface area contributed by atoms with Gasteiger partial charge in [0.25, 0.3) is 5.56 Å². The molecule has 0 unspecified atom stereocenters. The number of hydrogen-bond acceptors (Lipinski definition) is 3. The van der Waals surface area contributed by atoms with Gasteiger partial charge in [0.15, 0.2) is 0 Å². The molecule has 0 aliphatic heterocycles. The van der Waals surface area contributed by atoms with Crippen LogP contribution in [0.1, 0.15) is 35.1 Å². The summed E-state index contributed by atoms with van der Waals surface area (Å²) < 4.78 is 0. The van der Waals surface area contributed by atoms with Gasteiger partial charge >= 0.3 is 0 Å². The fraction of sp³-hybridized carbons (Fsp3) is 0.375. The number of aryl methyl sites for hydroxylation is 2. The average Bonchev–Trinajstić information content (AvgIpc) is 2.40. The Balaban J connectivity index is 2.21. The molecule has 0 radical (unpaired) electrons. The van der Waals surface area contributed by atoms with Crippen LogP contribution >= 0.6 is 0 Å². The molecule has 2 rings (SSSR count). The highest BCUT2D eigenvalue weighted by Gasteiger charge is 2.04. The van der Waals surface area contributed by atoms with Gasteiger partial charge in [-0.05, 0) is 37.1 Å². The summed E-state index contributed by atoms with van der Waals surface area (Å²) in [6.45, 7) is 7.71. The molecule has 0 aliphatic rings. The van der Waals surface area contributed by atoms with Crippen LogP contribution < -0.4 is 10.9 Å². The van der Waals surface area contributed by atoms with Crippen molar-refractivity contribution in [1.82, 2.24) is 15.3 Å². The molecule has 1 aromatic heterocycles. The van der Waals surface area contributed by atoms with Crippen molar-refractivity contribution in [3.05, 3.63) is 62.8 Å². The SMILES string of the molecule is CCNCc1cc(=O)[nH]c(Cc2ccc(C)c(C)c2)n1. The van der Waals surface area contributed by atoms with Gasteiger partial charge in [-0.15, -0.1) is 0 Å². The highest BCUT2D eigenvalue weighted by atomic mass is 16.1. The van der Waals surface area contributed by atoms with Crippen LogP contribution in [-0.4, -0.2) is 16.5 Å². The minimum absolute atomic E-state index is 0.0910. The summed E-state index contributed by atoms with van der Waals surface area (Å²) >= 11 is 0. The van der Waals surface area contributed by atoms with Gasteiger partial charge in [-0.1, -0.05) is 25.1 Å². The molecule has 0 amide bonds. The molecule has 4 nitrogen and oxygen atoms in total. The molecule has 2 aromatic rings. The van der Waals surface area contributed by atoms with Gasteiger partial charge in [0, 0.05) is 19.0 Å². The molecule has 1 heterocycles. The van der Waals surface area contributed by atoms with Crippen molar-refractivity contribution < 1.29 is 0 Å². The van der Waals surface area contributed by atoms with Gasteiger partial charge < -0.3 is 10.3 Å². The molecule has 0 saturated heterocycles. The van der Waals surface area contributed by atoms with E-state index in [1.807, 2.05) is 6.92 Å². The van der Waals surface area contributed by atoms with E-state index < -0.39 is 0 Å². The standard InChI is InChI=1S/C16H21N3O/c1-4-17-10-14-9-16(20)19-15(18-14)8-13-6-5-11(2)12(3)7-13/h5-7,9,17H,4,8,10H2,1-3H3,(H,18,19,20). The van der Waals surface area contributed by atoms with E-state index in [-0.39, 0.29) is 5.56 Å². The first kappa shape index (κ1) is 14.5. The maximum absolute atomic E-state index is 11.7. The molecule has 0 aliphatic carbocycles. The Labute approximate surface area is 119 Å². The van der Waals surface area contributed by atoms with E-state index in [9.17, 15) is 4.79 Å². The highest BCUT2D eigenvalue weighted by molar-refractivity contribution is 5.31. The predicted molar refractivity (Wildman–Crippen MR) is 81.0 cm³/mol. The quantitative estimate of drug-likeness (QED) is 0.875. The summed E-state index contributed by atoms with van der Waals surface area (Å²) in [5.41, 5.74) is 4.39. The number of H-pyrrole nitrogens is 1. The lowest BCUT2D eigenvalue weighted by molar-refractivity contribution is 0.700. The number of aromatic amines is 1. The number of aromatic nitrogens is 2. The molecule has 0 bridgehead atoms. The van der Waals surface area contributed by atoms with E-state index in [0.717, 1.165) is 17.8 Å². The van der Waals surface area contributed by atoms with E-state index in [2.05, 4.69) is 47.3 Å². The normalized spacial score (nSPS) is 10.8. The van der Waals surface area contributed by atoms with Crippen LogP contribution in [0, 0.1) is 13.8 Å². The molecule has 1 aromatic carbocycles. The zero-order valence-corrected chi connectivity index (χ0v) is 12.3. The lowest BCUT2D eigenvalue weighted by Gasteiger charge is -2.07. The Morgan fingerprint density at radius 2 is 2.00 bits per heavy atom. The summed E-state index contributed by atoms with van der Waals surface area (Å²) in [4.78, 5) is 19.0. The number of nitrogens with one attached hydrogen (secondary N) is 2. The van der Waals surface area contributed by atoms with Crippen LogP contribution in [0.5, 0.6) is 0 Å². The molecule has 0 atom stereocenters. The Bertz CT molecular complexity index is 646. The average molecular weight is 271 g/mol. The molecule has 0 spiro atoms. The summed E-state index contributed by atoms with van der Waals surface area (Å²) in [5.74, 6) is 0.716. The number of benzene rings is 1. The molecule has 0 saturated carbocycles. The fourth-order valence-electron chi connectivity index (χ4n) is 2.10. The molecule has 106 valence electrons. The summed E-state index contributed by atoms with van der Waals surface area (Å²) in [6.07, 6.45) is 0.649. The van der Waals surface area contributed by atoms with Crippen LogP contribution in [-0.2, 0) is 13.0 Å². The van der Waals surface area contributed by atoms with Crippen molar-refractivity contribution >= 4 is 0 Å². The number of nitrogens with zero attached hydrogens (tertiary/aromatic N) is 1. The molecule has 4 heteroatoms. The van der Waals surface area contributed by atoms with Crippen molar-refractivity contribution in [2.24, 2.45) is 0 Å². The second-order valence-corrected chi connectivity index (χ2v) is 5.06. The maximum Gasteiger partial charge on any atom is 0.251 e. The van der Waals surface area contributed by atoms with Crippen LogP contribution in [0.3, 0.4) is 0 Å². The lowest BCUT2D eigenvalue weighted by atomic mass is 10.0. The zero-order chi connectivity index (χ0) is 14.5. The first-order valence-electron chi connectivity index (χ1n) is 6.94. The minimum Gasteiger partial charge on any atom is -0.311 e. The summed E-state index contributed by atoms with van der Waals surface area (Å²) in [5, 5.41) is 3.18. The monoisotopic (exact) mass is 271 g/mol. The maximum atomic E-state index is 11.7. The van der Waals surface area contributed by atoms with Crippen molar-refractivity contribution in [1.29, 1.82) is 0 Å². The van der Waals surface area contributed by atoms with Gasteiger partial charge in [0.1, 0.15) is 5.82 Å². The van der Waals surface area contributed by atoms with E-state index >= 15 is 0 Å². The second kappa shape index (κ2) is 6.48. The Kier molecular flexibility index (Phi) is 4.69. The topological polar surface area (TPSA) is 57.8 Å².